The molecule has 0 atom stereocenters. The Morgan fingerprint density at radius 2 is 1.74 bits per heavy atom. The van der Waals surface area contributed by atoms with E-state index in [1.54, 1.807) is 24.3 Å². The molecule has 0 saturated heterocycles. The molecule has 2 aromatic carbocycles. The Labute approximate surface area is 199 Å². The molecule has 0 spiro atoms. The lowest BCUT2D eigenvalue weighted by atomic mass is 10.2. The Morgan fingerprint density at radius 3 is 2.46 bits per heavy atom. The van der Waals surface area contributed by atoms with E-state index in [9.17, 15) is 22.8 Å². The third-order valence-electron chi connectivity index (χ3n) is 4.66. The van der Waals surface area contributed by atoms with E-state index in [-0.39, 0.29) is 31.4 Å². The highest BCUT2D eigenvalue weighted by Gasteiger charge is 2.33. The van der Waals surface area contributed by atoms with E-state index in [2.05, 4.69) is 20.9 Å². The van der Waals surface area contributed by atoms with Gasteiger partial charge in [-0.25, -0.2) is 4.98 Å². The Balaban J connectivity index is 1.42. The molecule has 0 bridgehead atoms. The maximum Gasteiger partial charge on any atom is 0.419 e. The van der Waals surface area contributed by atoms with Crippen LogP contribution in [0.3, 0.4) is 0 Å². The number of ether oxygens (including phenoxy) is 2. The maximum atomic E-state index is 13.0. The molecule has 3 aromatic rings. The standard InChI is InChI=1S/C24H23F3N4O4/c1-34-19-5-2-4-17(14-19)31-21(32)15-35-18-9-7-16(8-10-18)23(33)30-13-12-29-22-20(24(25,26)27)6-3-11-28-22/h2-11,14H,12-13,15H2,1H3,(H,28,29)(H,30,33)(H,31,32). The first-order chi connectivity index (χ1) is 16.8. The van der Waals surface area contributed by atoms with Gasteiger partial charge >= 0.3 is 6.18 Å². The van der Waals surface area contributed by atoms with Gasteiger partial charge in [-0.3, -0.25) is 9.59 Å². The monoisotopic (exact) mass is 488 g/mol. The predicted octanol–water partition coefficient (Wildman–Crippen LogP) is 3.97. The minimum atomic E-state index is -4.53. The first-order valence-electron chi connectivity index (χ1n) is 10.5. The number of nitrogens with zero attached hydrogens (tertiary/aromatic N) is 1. The van der Waals surface area contributed by atoms with Crippen molar-refractivity contribution in [1.29, 1.82) is 0 Å². The SMILES string of the molecule is COc1cccc(NC(=O)COc2ccc(C(=O)NCCNc3ncccc3C(F)(F)F)cc2)c1. The van der Waals surface area contributed by atoms with Crippen molar-refractivity contribution in [2.75, 3.05) is 37.4 Å². The van der Waals surface area contributed by atoms with Crippen molar-refractivity contribution in [1.82, 2.24) is 10.3 Å². The molecular formula is C24H23F3N4O4. The molecule has 11 heteroatoms. The normalized spacial score (nSPS) is 10.9. The molecule has 1 aromatic heterocycles. The Morgan fingerprint density at radius 1 is 0.971 bits per heavy atom. The first kappa shape index (κ1) is 25.3. The summed E-state index contributed by atoms with van der Waals surface area (Å²) in [5.74, 6) is -0.0819. The summed E-state index contributed by atoms with van der Waals surface area (Å²) in [4.78, 5) is 28.0. The van der Waals surface area contributed by atoms with Gasteiger partial charge in [0.15, 0.2) is 6.61 Å². The third kappa shape index (κ3) is 7.63. The maximum absolute atomic E-state index is 13.0. The highest BCUT2D eigenvalue weighted by atomic mass is 19.4. The first-order valence-corrected chi connectivity index (χ1v) is 10.5. The quantitative estimate of drug-likeness (QED) is 0.374. The number of alkyl halides is 3. The summed E-state index contributed by atoms with van der Waals surface area (Å²) in [6, 6.07) is 15.1. The number of pyridine rings is 1. The highest BCUT2D eigenvalue weighted by molar-refractivity contribution is 5.94. The van der Waals surface area contributed by atoms with Crippen LogP contribution in [0.1, 0.15) is 15.9 Å². The zero-order chi connectivity index (χ0) is 25.3. The Kier molecular flexibility index (Phi) is 8.49. The Bertz CT molecular complexity index is 1150. The number of carbonyl (C=O) groups is 2. The second-order valence-electron chi connectivity index (χ2n) is 7.17. The van der Waals surface area contributed by atoms with Crippen LogP contribution in [0.4, 0.5) is 24.7 Å². The fraction of sp³-hybridized carbons (Fsp3) is 0.208. The number of hydrogen-bond acceptors (Lipinski definition) is 6. The van der Waals surface area contributed by atoms with Gasteiger partial charge in [-0.1, -0.05) is 6.07 Å². The van der Waals surface area contributed by atoms with Gasteiger partial charge in [0.2, 0.25) is 0 Å². The third-order valence-corrected chi connectivity index (χ3v) is 4.66. The number of methoxy groups -OCH3 is 1. The van der Waals surface area contributed by atoms with Gasteiger partial charge in [0.25, 0.3) is 11.8 Å². The van der Waals surface area contributed by atoms with Crippen molar-refractivity contribution in [3.05, 3.63) is 78.0 Å². The molecule has 0 aliphatic heterocycles. The molecule has 0 radical (unpaired) electrons. The van der Waals surface area contributed by atoms with Gasteiger partial charge < -0.3 is 25.4 Å². The number of amides is 2. The van der Waals surface area contributed by atoms with E-state index in [0.29, 0.717) is 22.7 Å². The molecule has 0 aliphatic rings. The number of hydrogen-bond donors (Lipinski definition) is 3. The molecule has 0 saturated carbocycles. The van der Waals surface area contributed by atoms with Crippen molar-refractivity contribution < 1.29 is 32.2 Å². The van der Waals surface area contributed by atoms with E-state index in [4.69, 9.17) is 9.47 Å². The number of aromatic nitrogens is 1. The van der Waals surface area contributed by atoms with Crippen LogP contribution in [0, 0.1) is 0 Å². The minimum absolute atomic E-state index is 0.0510. The van der Waals surface area contributed by atoms with Crippen LogP contribution in [0.2, 0.25) is 0 Å². The van der Waals surface area contributed by atoms with Crippen LogP contribution in [-0.4, -0.2) is 43.6 Å². The average Bonchev–Trinajstić information content (AvgIpc) is 2.85. The second-order valence-corrected chi connectivity index (χ2v) is 7.17. The van der Waals surface area contributed by atoms with Crippen LogP contribution in [0.25, 0.3) is 0 Å². The van der Waals surface area contributed by atoms with Gasteiger partial charge in [-0.2, -0.15) is 13.2 Å². The molecule has 35 heavy (non-hydrogen) atoms. The van der Waals surface area contributed by atoms with Crippen LogP contribution < -0.4 is 25.4 Å². The summed E-state index contributed by atoms with van der Waals surface area (Å²) < 4.78 is 49.5. The summed E-state index contributed by atoms with van der Waals surface area (Å²) in [5.41, 5.74) is 0.0169. The molecule has 0 unspecified atom stereocenters. The van der Waals surface area contributed by atoms with Gasteiger partial charge in [0, 0.05) is 36.6 Å². The lowest BCUT2D eigenvalue weighted by molar-refractivity contribution is -0.137. The number of carbonyl (C=O) groups excluding carboxylic acids is 2. The van der Waals surface area contributed by atoms with Crippen molar-refractivity contribution in [3.8, 4) is 11.5 Å². The molecule has 2 amide bonds. The van der Waals surface area contributed by atoms with Crippen molar-refractivity contribution in [2.24, 2.45) is 0 Å². The molecule has 3 rings (SSSR count). The number of rotatable bonds is 10. The van der Waals surface area contributed by atoms with E-state index in [1.165, 1.54) is 43.6 Å². The zero-order valence-electron chi connectivity index (χ0n) is 18.7. The fourth-order valence-electron chi connectivity index (χ4n) is 2.98. The van der Waals surface area contributed by atoms with Gasteiger partial charge in [0.05, 0.1) is 12.7 Å². The molecule has 8 nitrogen and oxygen atoms in total. The molecule has 0 aliphatic carbocycles. The van der Waals surface area contributed by atoms with Crippen LogP contribution in [0.5, 0.6) is 11.5 Å². The summed E-state index contributed by atoms with van der Waals surface area (Å²) >= 11 is 0. The number of benzene rings is 2. The minimum Gasteiger partial charge on any atom is -0.497 e. The van der Waals surface area contributed by atoms with Crippen LogP contribution >= 0.6 is 0 Å². The number of nitrogens with one attached hydrogen (secondary N) is 3. The van der Waals surface area contributed by atoms with E-state index in [0.717, 1.165) is 6.07 Å². The second kappa shape index (κ2) is 11.7. The highest BCUT2D eigenvalue weighted by Crippen LogP contribution is 2.33. The summed E-state index contributed by atoms with van der Waals surface area (Å²) in [6.45, 7) is -0.104. The van der Waals surface area contributed by atoms with E-state index < -0.39 is 17.6 Å². The molecule has 184 valence electrons. The molecule has 0 fully saturated rings. The number of anilines is 2. The molecule has 1 heterocycles. The average molecular weight is 488 g/mol. The lowest BCUT2D eigenvalue weighted by Gasteiger charge is -2.13. The van der Waals surface area contributed by atoms with Gasteiger partial charge in [0.1, 0.15) is 17.3 Å². The fourth-order valence-corrected chi connectivity index (χ4v) is 2.98. The Hall–Kier alpha value is -4.28. The largest absolute Gasteiger partial charge is 0.497 e. The van der Waals surface area contributed by atoms with Crippen LogP contribution in [-0.2, 0) is 11.0 Å². The summed E-state index contributed by atoms with van der Waals surface area (Å²) in [7, 11) is 1.53. The summed E-state index contributed by atoms with van der Waals surface area (Å²) in [6.07, 6.45) is -3.28. The topological polar surface area (TPSA) is 102 Å². The summed E-state index contributed by atoms with van der Waals surface area (Å²) in [5, 5.41) is 7.87. The zero-order valence-corrected chi connectivity index (χ0v) is 18.7. The van der Waals surface area contributed by atoms with Crippen molar-refractivity contribution >= 4 is 23.3 Å². The smallest absolute Gasteiger partial charge is 0.419 e. The molecular weight excluding hydrogens is 465 g/mol. The van der Waals surface area contributed by atoms with Gasteiger partial charge in [-0.05, 0) is 48.5 Å². The predicted molar refractivity (Wildman–Crippen MR) is 124 cm³/mol. The molecule has 3 N–H and O–H groups in total. The lowest BCUT2D eigenvalue weighted by Crippen LogP contribution is -2.29. The van der Waals surface area contributed by atoms with Gasteiger partial charge in [-0.15, -0.1) is 0 Å². The van der Waals surface area contributed by atoms with E-state index in [1.807, 2.05) is 0 Å². The van der Waals surface area contributed by atoms with Crippen molar-refractivity contribution in [2.45, 2.75) is 6.18 Å². The van der Waals surface area contributed by atoms with E-state index >= 15 is 0 Å². The van der Waals surface area contributed by atoms with Crippen LogP contribution in [0.15, 0.2) is 66.9 Å². The van der Waals surface area contributed by atoms with Crippen molar-refractivity contribution in [3.63, 3.8) is 0 Å². The number of halogens is 3.